The van der Waals surface area contributed by atoms with Crippen LogP contribution in [0.2, 0.25) is 0 Å². The summed E-state index contributed by atoms with van der Waals surface area (Å²) in [6, 6.07) is 8.67. The highest BCUT2D eigenvalue weighted by molar-refractivity contribution is 5.88. The first-order valence-corrected chi connectivity index (χ1v) is 15.8. The molecule has 0 bridgehead atoms. The van der Waals surface area contributed by atoms with E-state index < -0.39 is 0 Å². The number of hydrogen-bond acceptors (Lipinski definition) is 5. The maximum Gasteiger partial charge on any atom is 0.320 e. The minimum atomic E-state index is -0.0671. The third-order valence-corrected chi connectivity index (χ3v) is 9.46. The second-order valence-electron chi connectivity index (χ2n) is 11.8. The molecule has 3 aromatic rings. The Hall–Kier alpha value is -3.39. The molecule has 1 N–H and O–H groups in total. The van der Waals surface area contributed by atoms with Crippen LogP contribution in [0, 0.1) is 0 Å². The minimum absolute atomic E-state index is 0.0671. The Kier molecular flexibility index (Phi) is 8.79. The number of nitrogens with zero attached hydrogens (tertiary/aromatic N) is 2. The van der Waals surface area contributed by atoms with Gasteiger partial charge in [-0.2, -0.15) is 0 Å². The molecule has 1 saturated carbocycles. The van der Waals surface area contributed by atoms with Gasteiger partial charge in [-0.1, -0.05) is 19.3 Å². The molecule has 0 radical (unpaired) electrons. The molecule has 42 heavy (non-hydrogen) atoms. The highest BCUT2D eigenvalue weighted by atomic mass is 16.5. The number of H-pyrrole nitrogens is 1. The number of benzene rings is 2. The Morgan fingerprint density at radius 1 is 0.976 bits per heavy atom. The van der Waals surface area contributed by atoms with Crippen molar-refractivity contribution in [2.45, 2.75) is 70.3 Å². The SMILES string of the molecule is CCOc1cc2c(cc1OC)CCN(C(=O)N1CCOCC1)C2CCc1c[nH]c2c(C3CCCCC3)cc(OC)cc12. The molecule has 0 spiro atoms. The van der Waals surface area contributed by atoms with Crippen molar-refractivity contribution < 1.29 is 23.7 Å². The average molecular weight is 576 g/mol. The fourth-order valence-electron chi connectivity index (χ4n) is 7.25. The monoisotopic (exact) mass is 575 g/mol. The van der Waals surface area contributed by atoms with E-state index in [1.165, 1.54) is 59.7 Å². The van der Waals surface area contributed by atoms with Gasteiger partial charge in [-0.05, 0) is 91.5 Å². The Balaban J connectivity index is 1.34. The van der Waals surface area contributed by atoms with Crippen LogP contribution in [-0.4, -0.2) is 74.5 Å². The number of aryl methyl sites for hydroxylation is 1. The first-order chi connectivity index (χ1) is 20.6. The molecule has 2 aliphatic heterocycles. The maximum absolute atomic E-state index is 13.9. The van der Waals surface area contributed by atoms with Crippen molar-refractivity contribution in [3.05, 3.63) is 52.7 Å². The third-order valence-electron chi connectivity index (χ3n) is 9.46. The Morgan fingerprint density at radius 3 is 2.52 bits per heavy atom. The summed E-state index contributed by atoms with van der Waals surface area (Å²) in [7, 11) is 3.45. The van der Waals surface area contributed by atoms with Gasteiger partial charge in [0.2, 0.25) is 0 Å². The molecule has 6 rings (SSSR count). The van der Waals surface area contributed by atoms with Crippen LogP contribution < -0.4 is 14.2 Å². The van der Waals surface area contributed by atoms with Crippen molar-refractivity contribution in [2.24, 2.45) is 0 Å². The van der Waals surface area contributed by atoms with Gasteiger partial charge in [-0.3, -0.25) is 0 Å². The van der Waals surface area contributed by atoms with E-state index in [0.29, 0.717) is 45.4 Å². The van der Waals surface area contributed by atoms with Crippen molar-refractivity contribution in [2.75, 3.05) is 53.7 Å². The zero-order valence-electron chi connectivity index (χ0n) is 25.4. The van der Waals surface area contributed by atoms with E-state index in [1.54, 1.807) is 14.2 Å². The summed E-state index contributed by atoms with van der Waals surface area (Å²) in [6.45, 7) is 5.66. The number of ether oxygens (including phenoxy) is 4. The summed E-state index contributed by atoms with van der Waals surface area (Å²) < 4.78 is 23.0. The van der Waals surface area contributed by atoms with Crippen LogP contribution in [0.1, 0.15) is 79.7 Å². The van der Waals surface area contributed by atoms with Crippen LogP contribution in [-0.2, 0) is 17.6 Å². The van der Waals surface area contributed by atoms with E-state index in [9.17, 15) is 4.79 Å². The summed E-state index contributed by atoms with van der Waals surface area (Å²) in [5.74, 6) is 2.98. The summed E-state index contributed by atoms with van der Waals surface area (Å²) >= 11 is 0. The summed E-state index contributed by atoms with van der Waals surface area (Å²) in [5.41, 5.74) is 6.28. The molecule has 8 heteroatoms. The van der Waals surface area contributed by atoms with Crippen LogP contribution in [0.25, 0.3) is 10.9 Å². The van der Waals surface area contributed by atoms with Crippen molar-refractivity contribution in [1.82, 2.24) is 14.8 Å². The number of aromatic nitrogens is 1. The standard InChI is InChI=1S/C34H45N3O5/c1-4-42-32-21-27-24(18-31(32)40-3)12-13-37(34(38)36-14-16-41-17-15-36)30(27)11-10-25-22-35-33-28(23-8-6-5-7-9-23)19-26(39-2)20-29(25)33/h18-23,30,35H,4-17H2,1-3H3. The van der Waals surface area contributed by atoms with Gasteiger partial charge < -0.3 is 33.7 Å². The lowest BCUT2D eigenvalue weighted by molar-refractivity contribution is 0.0376. The van der Waals surface area contributed by atoms with Crippen molar-refractivity contribution in [1.29, 1.82) is 0 Å². The summed E-state index contributed by atoms with van der Waals surface area (Å²) in [5, 5.41) is 1.24. The summed E-state index contributed by atoms with van der Waals surface area (Å²) in [6.07, 6.45) is 11.0. The van der Waals surface area contributed by atoms with E-state index in [0.717, 1.165) is 42.1 Å². The van der Waals surface area contributed by atoms with Gasteiger partial charge in [0, 0.05) is 36.7 Å². The number of amides is 2. The average Bonchev–Trinajstić information content (AvgIpc) is 3.46. The second kappa shape index (κ2) is 12.9. The largest absolute Gasteiger partial charge is 0.497 e. The lowest BCUT2D eigenvalue weighted by atomic mass is 9.83. The molecule has 2 fully saturated rings. The number of urea groups is 1. The van der Waals surface area contributed by atoms with Gasteiger partial charge in [0.25, 0.3) is 0 Å². The first kappa shape index (κ1) is 28.7. The fourth-order valence-corrected chi connectivity index (χ4v) is 7.25. The van der Waals surface area contributed by atoms with Crippen molar-refractivity contribution >= 4 is 16.9 Å². The van der Waals surface area contributed by atoms with Gasteiger partial charge in [0.15, 0.2) is 11.5 Å². The van der Waals surface area contributed by atoms with E-state index >= 15 is 0 Å². The van der Waals surface area contributed by atoms with E-state index in [1.807, 2.05) is 11.8 Å². The number of methoxy groups -OCH3 is 2. The van der Waals surface area contributed by atoms with Crippen LogP contribution in [0.5, 0.6) is 17.2 Å². The number of fused-ring (bicyclic) bond motifs is 2. The quantitative estimate of drug-likeness (QED) is 0.327. The molecule has 1 saturated heterocycles. The molecule has 1 aliphatic carbocycles. The number of hydrogen-bond donors (Lipinski definition) is 1. The molecule has 3 heterocycles. The Morgan fingerprint density at radius 2 is 1.79 bits per heavy atom. The zero-order chi connectivity index (χ0) is 29.1. The molecule has 8 nitrogen and oxygen atoms in total. The molecular weight excluding hydrogens is 530 g/mol. The van der Waals surface area contributed by atoms with E-state index in [4.69, 9.17) is 18.9 Å². The van der Waals surface area contributed by atoms with Gasteiger partial charge in [-0.15, -0.1) is 0 Å². The van der Waals surface area contributed by atoms with Crippen molar-refractivity contribution in [3.8, 4) is 17.2 Å². The molecule has 1 unspecified atom stereocenters. The third kappa shape index (κ3) is 5.65. The van der Waals surface area contributed by atoms with Crippen LogP contribution in [0.4, 0.5) is 4.79 Å². The molecule has 3 aliphatic rings. The van der Waals surface area contributed by atoms with Crippen LogP contribution >= 0.6 is 0 Å². The summed E-state index contributed by atoms with van der Waals surface area (Å²) in [4.78, 5) is 21.6. The lowest BCUT2D eigenvalue weighted by Crippen LogP contribution is -2.51. The normalized spacial score (nSPS) is 19.5. The number of carbonyl (C=O) groups excluding carboxylic acids is 1. The molecular formula is C34H45N3O5. The number of aromatic amines is 1. The van der Waals surface area contributed by atoms with Gasteiger partial charge in [0.1, 0.15) is 5.75 Å². The highest BCUT2D eigenvalue weighted by Gasteiger charge is 2.35. The molecule has 2 amide bonds. The topological polar surface area (TPSA) is 76.3 Å². The van der Waals surface area contributed by atoms with E-state index in [2.05, 4.69) is 40.3 Å². The Labute approximate surface area is 249 Å². The minimum Gasteiger partial charge on any atom is -0.497 e. The molecule has 1 atom stereocenters. The molecule has 226 valence electrons. The number of morpholine rings is 1. The van der Waals surface area contributed by atoms with E-state index in [-0.39, 0.29) is 12.1 Å². The number of rotatable bonds is 8. The number of carbonyl (C=O) groups is 1. The van der Waals surface area contributed by atoms with Crippen LogP contribution in [0.3, 0.4) is 0 Å². The first-order valence-electron chi connectivity index (χ1n) is 15.8. The van der Waals surface area contributed by atoms with Gasteiger partial charge in [-0.25, -0.2) is 4.79 Å². The van der Waals surface area contributed by atoms with Crippen molar-refractivity contribution in [3.63, 3.8) is 0 Å². The Bertz CT molecular complexity index is 1390. The second-order valence-corrected chi connectivity index (χ2v) is 11.8. The van der Waals surface area contributed by atoms with Crippen LogP contribution in [0.15, 0.2) is 30.5 Å². The molecule has 1 aromatic heterocycles. The predicted molar refractivity (Wildman–Crippen MR) is 164 cm³/mol. The van der Waals surface area contributed by atoms with Gasteiger partial charge >= 0.3 is 6.03 Å². The zero-order valence-corrected chi connectivity index (χ0v) is 25.4. The smallest absolute Gasteiger partial charge is 0.320 e. The lowest BCUT2D eigenvalue weighted by Gasteiger charge is -2.41. The fraction of sp³-hybridized carbons (Fsp3) is 0.559. The maximum atomic E-state index is 13.9. The highest BCUT2D eigenvalue weighted by Crippen LogP contribution is 2.42. The van der Waals surface area contributed by atoms with Gasteiger partial charge in [0.05, 0.1) is 40.1 Å². The molecule has 2 aromatic carbocycles. The predicted octanol–water partition coefficient (Wildman–Crippen LogP) is 6.62. The number of nitrogens with one attached hydrogen (secondary N) is 1.